The van der Waals surface area contributed by atoms with Crippen LogP contribution in [0.4, 0.5) is 0 Å². The van der Waals surface area contributed by atoms with Crippen LogP contribution in [-0.2, 0) is 13.0 Å². The Morgan fingerprint density at radius 1 is 1.55 bits per heavy atom. The number of nitrogens with zero attached hydrogens (tertiary/aromatic N) is 2. The maximum Gasteiger partial charge on any atom is 0.153 e. The number of hydrogen-bond acceptors (Lipinski definition) is 2. The largest absolute Gasteiger partial charge is 0.298 e. The number of aldehydes is 1. The van der Waals surface area contributed by atoms with E-state index in [9.17, 15) is 4.79 Å². The fourth-order valence-corrected chi connectivity index (χ4v) is 1.54. The van der Waals surface area contributed by atoms with Crippen molar-refractivity contribution in [1.82, 2.24) is 9.78 Å². The van der Waals surface area contributed by atoms with E-state index >= 15 is 0 Å². The van der Waals surface area contributed by atoms with E-state index < -0.39 is 0 Å². The normalized spacial score (nSPS) is 16.0. The summed E-state index contributed by atoms with van der Waals surface area (Å²) in [5.41, 5.74) is 1.89. The van der Waals surface area contributed by atoms with Crippen LogP contribution in [-0.4, -0.2) is 16.1 Å². The predicted octanol–water partition coefficient (Wildman–Crippen LogP) is 1.03. The third-order valence-electron chi connectivity index (χ3n) is 2.14. The Balaban J connectivity index is 2.45. The summed E-state index contributed by atoms with van der Waals surface area (Å²) in [5.74, 6) is 0. The Hall–Kier alpha value is -1.12. The van der Waals surface area contributed by atoms with E-state index in [4.69, 9.17) is 0 Å². The van der Waals surface area contributed by atoms with Gasteiger partial charge in [-0.2, -0.15) is 5.10 Å². The Bertz CT molecular complexity index is 278. The molecule has 1 aliphatic heterocycles. The number of rotatable bonds is 1. The molecule has 0 amide bonds. The molecule has 0 N–H and O–H groups in total. The Labute approximate surface area is 65.0 Å². The molecule has 0 spiro atoms. The average Bonchev–Trinajstić information content (AvgIpc) is 2.47. The van der Waals surface area contributed by atoms with Gasteiger partial charge < -0.3 is 0 Å². The van der Waals surface area contributed by atoms with Crippen LogP contribution in [0.1, 0.15) is 28.9 Å². The van der Waals surface area contributed by atoms with Crippen LogP contribution < -0.4 is 0 Å². The van der Waals surface area contributed by atoms with Crippen LogP contribution in [0, 0.1) is 0 Å². The van der Waals surface area contributed by atoms with E-state index in [1.165, 1.54) is 12.8 Å². The van der Waals surface area contributed by atoms with Crippen LogP contribution in [0.3, 0.4) is 0 Å². The van der Waals surface area contributed by atoms with Gasteiger partial charge in [0.1, 0.15) is 0 Å². The molecule has 0 atom stereocenters. The molecular weight excluding hydrogens is 140 g/mol. The van der Waals surface area contributed by atoms with Gasteiger partial charge in [-0.15, -0.1) is 0 Å². The lowest BCUT2D eigenvalue weighted by Gasteiger charge is -2.12. The average molecular weight is 150 g/mol. The van der Waals surface area contributed by atoms with Crippen molar-refractivity contribution in [2.24, 2.45) is 0 Å². The molecule has 1 aromatic rings. The zero-order valence-corrected chi connectivity index (χ0v) is 6.29. The molecule has 58 valence electrons. The second-order valence-corrected chi connectivity index (χ2v) is 2.84. The molecule has 3 nitrogen and oxygen atoms in total. The van der Waals surface area contributed by atoms with Crippen LogP contribution in [0.5, 0.6) is 0 Å². The van der Waals surface area contributed by atoms with Crippen molar-refractivity contribution < 1.29 is 4.79 Å². The van der Waals surface area contributed by atoms with Crippen molar-refractivity contribution in [2.75, 3.05) is 0 Å². The highest BCUT2D eigenvalue weighted by atomic mass is 16.1. The van der Waals surface area contributed by atoms with Crippen molar-refractivity contribution in [3.8, 4) is 0 Å². The number of fused-ring (bicyclic) bond motifs is 1. The van der Waals surface area contributed by atoms with Gasteiger partial charge in [-0.25, -0.2) is 0 Å². The summed E-state index contributed by atoms with van der Waals surface area (Å²) in [5, 5.41) is 4.11. The number of carbonyl (C=O) groups excluding carboxylic acids is 1. The van der Waals surface area contributed by atoms with E-state index in [2.05, 4.69) is 5.10 Å². The van der Waals surface area contributed by atoms with Crippen LogP contribution in [0.15, 0.2) is 6.20 Å². The molecule has 1 aliphatic rings. The molecule has 1 aromatic heterocycles. The van der Waals surface area contributed by atoms with Gasteiger partial charge in [-0.1, -0.05) is 0 Å². The number of carbonyl (C=O) groups is 1. The highest BCUT2D eigenvalue weighted by Crippen LogP contribution is 2.15. The van der Waals surface area contributed by atoms with Gasteiger partial charge in [0.15, 0.2) is 6.29 Å². The molecule has 11 heavy (non-hydrogen) atoms. The summed E-state index contributed by atoms with van der Waals surface area (Å²) in [4.78, 5) is 10.5. The molecule has 0 saturated heterocycles. The summed E-state index contributed by atoms with van der Waals surface area (Å²) in [7, 11) is 0. The Morgan fingerprint density at radius 3 is 3.27 bits per heavy atom. The Morgan fingerprint density at radius 2 is 2.45 bits per heavy atom. The topological polar surface area (TPSA) is 34.9 Å². The van der Waals surface area contributed by atoms with E-state index in [1.54, 1.807) is 6.20 Å². The van der Waals surface area contributed by atoms with Crippen molar-refractivity contribution in [1.29, 1.82) is 0 Å². The number of aryl methyl sites for hydroxylation is 1. The Kier molecular flexibility index (Phi) is 1.49. The first kappa shape index (κ1) is 6.58. The summed E-state index contributed by atoms with van der Waals surface area (Å²) in [6, 6.07) is 0. The summed E-state index contributed by atoms with van der Waals surface area (Å²) < 4.78 is 1.94. The molecule has 0 fully saturated rings. The quantitative estimate of drug-likeness (QED) is 0.560. The van der Waals surface area contributed by atoms with Crippen molar-refractivity contribution in [2.45, 2.75) is 25.8 Å². The van der Waals surface area contributed by atoms with Gasteiger partial charge in [0.2, 0.25) is 0 Å². The predicted molar refractivity (Wildman–Crippen MR) is 40.6 cm³/mol. The number of aromatic nitrogens is 2. The lowest BCUT2D eigenvalue weighted by molar-refractivity contribution is 0.112. The SMILES string of the molecule is O=Cc1cnn2c1CCCC2. The lowest BCUT2D eigenvalue weighted by Crippen LogP contribution is -2.11. The molecule has 0 aromatic carbocycles. The molecule has 0 aliphatic carbocycles. The maximum atomic E-state index is 10.5. The third kappa shape index (κ3) is 0.964. The molecular formula is C8H10N2O. The van der Waals surface area contributed by atoms with Gasteiger partial charge >= 0.3 is 0 Å². The standard InChI is InChI=1S/C8H10N2O/c11-6-7-5-9-10-4-2-1-3-8(7)10/h5-6H,1-4H2. The summed E-state index contributed by atoms with van der Waals surface area (Å²) in [6.07, 6.45) is 5.94. The summed E-state index contributed by atoms with van der Waals surface area (Å²) >= 11 is 0. The molecule has 2 rings (SSSR count). The minimum absolute atomic E-state index is 0.768. The fraction of sp³-hybridized carbons (Fsp3) is 0.500. The molecule has 0 saturated carbocycles. The molecule has 2 heterocycles. The van der Waals surface area contributed by atoms with E-state index in [-0.39, 0.29) is 0 Å². The molecule has 3 heteroatoms. The maximum absolute atomic E-state index is 10.5. The fourth-order valence-electron chi connectivity index (χ4n) is 1.54. The first-order valence-electron chi connectivity index (χ1n) is 3.91. The first-order chi connectivity index (χ1) is 5.42. The van der Waals surface area contributed by atoms with E-state index in [0.29, 0.717) is 0 Å². The monoisotopic (exact) mass is 150 g/mol. The molecule has 0 radical (unpaired) electrons. The zero-order valence-electron chi connectivity index (χ0n) is 6.29. The smallest absolute Gasteiger partial charge is 0.153 e. The first-order valence-corrected chi connectivity index (χ1v) is 3.91. The molecule has 0 unspecified atom stereocenters. The van der Waals surface area contributed by atoms with Gasteiger partial charge in [0, 0.05) is 12.2 Å². The van der Waals surface area contributed by atoms with Gasteiger partial charge in [0.05, 0.1) is 11.8 Å². The minimum Gasteiger partial charge on any atom is -0.298 e. The van der Waals surface area contributed by atoms with Gasteiger partial charge in [-0.3, -0.25) is 9.48 Å². The second-order valence-electron chi connectivity index (χ2n) is 2.84. The highest BCUT2D eigenvalue weighted by molar-refractivity contribution is 5.76. The zero-order chi connectivity index (χ0) is 7.68. The van der Waals surface area contributed by atoms with Gasteiger partial charge in [-0.05, 0) is 19.3 Å². The third-order valence-corrected chi connectivity index (χ3v) is 2.14. The van der Waals surface area contributed by atoms with E-state index in [1.807, 2.05) is 4.68 Å². The van der Waals surface area contributed by atoms with Crippen molar-refractivity contribution in [3.63, 3.8) is 0 Å². The van der Waals surface area contributed by atoms with Gasteiger partial charge in [0.25, 0.3) is 0 Å². The van der Waals surface area contributed by atoms with Crippen LogP contribution >= 0.6 is 0 Å². The molecule has 0 bridgehead atoms. The number of hydrogen-bond donors (Lipinski definition) is 0. The van der Waals surface area contributed by atoms with Crippen molar-refractivity contribution in [3.05, 3.63) is 17.5 Å². The second kappa shape index (κ2) is 2.49. The lowest BCUT2D eigenvalue weighted by atomic mass is 10.1. The summed E-state index contributed by atoms with van der Waals surface area (Å²) in [6.45, 7) is 0.975. The highest BCUT2D eigenvalue weighted by Gasteiger charge is 2.13. The van der Waals surface area contributed by atoms with Crippen LogP contribution in [0.2, 0.25) is 0 Å². The van der Waals surface area contributed by atoms with E-state index in [0.717, 1.165) is 30.5 Å². The van der Waals surface area contributed by atoms with Crippen LogP contribution in [0.25, 0.3) is 0 Å². The minimum atomic E-state index is 0.768. The van der Waals surface area contributed by atoms with Crippen molar-refractivity contribution >= 4 is 6.29 Å².